The van der Waals surface area contributed by atoms with Gasteiger partial charge in [-0.15, -0.1) is 5.10 Å². The van der Waals surface area contributed by atoms with E-state index in [4.69, 9.17) is 4.74 Å². The first kappa shape index (κ1) is 16.1. The number of carboxylic acids is 1. The smallest absolute Gasteiger partial charge is 0.311 e. The molecule has 1 aliphatic rings. The Kier molecular flexibility index (Phi) is 4.52. The Morgan fingerprint density at radius 3 is 2.71 bits per heavy atom. The van der Waals surface area contributed by atoms with Crippen LogP contribution in [0.25, 0.3) is 5.69 Å². The maximum absolute atomic E-state index is 12.6. The molecule has 2 aromatic rings. The van der Waals surface area contributed by atoms with Crippen molar-refractivity contribution in [2.45, 2.75) is 12.8 Å². The molecule has 0 saturated carbocycles. The summed E-state index contributed by atoms with van der Waals surface area (Å²) in [5.74, 6) is -1.28. The van der Waals surface area contributed by atoms with E-state index in [1.165, 1.54) is 11.0 Å². The fraction of sp³-hybridized carbons (Fsp3) is 0.400. The number of ether oxygens (including phenoxy) is 1. The lowest BCUT2D eigenvalue weighted by Gasteiger charge is -2.33. The highest BCUT2D eigenvalue weighted by molar-refractivity contribution is 5.98. The number of para-hydroxylation sites is 1. The molecular formula is C15H17N5O4. The molecular weight excluding hydrogens is 314 g/mol. The summed E-state index contributed by atoms with van der Waals surface area (Å²) < 4.78 is 6.62. The van der Waals surface area contributed by atoms with Crippen LogP contribution in [0.5, 0.6) is 0 Å². The standard InChI is InChI=1S/C15H17N5O4/c21-13(16-9-15(14(22)23)5-7-24-8-6-15)11-3-1-2-4-12(11)20-10-17-18-19-20/h1-4,10H,5-9H2,(H,16,21)(H,22,23). The summed E-state index contributed by atoms with van der Waals surface area (Å²) in [7, 11) is 0. The molecule has 3 rings (SSSR count). The average Bonchev–Trinajstić information content (AvgIpc) is 3.15. The Labute approximate surface area is 137 Å². The normalized spacial score (nSPS) is 16.5. The van der Waals surface area contributed by atoms with Crippen molar-refractivity contribution in [3.05, 3.63) is 36.2 Å². The second-order valence-corrected chi connectivity index (χ2v) is 5.65. The van der Waals surface area contributed by atoms with Crippen molar-refractivity contribution >= 4 is 11.9 Å². The zero-order valence-corrected chi connectivity index (χ0v) is 12.9. The Morgan fingerprint density at radius 1 is 1.29 bits per heavy atom. The summed E-state index contributed by atoms with van der Waals surface area (Å²) in [6.45, 7) is 0.807. The predicted molar refractivity (Wildman–Crippen MR) is 81.6 cm³/mol. The minimum atomic E-state index is -0.988. The quantitative estimate of drug-likeness (QED) is 0.807. The number of rotatable bonds is 5. The number of amides is 1. The van der Waals surface area contributed by atoms with Crippen molar-refractivity contribution in [3.8, 4) is 5.69 Å². The van der Waals surface area contributed by atoms with Gasteiger partial charge in [0.05, 0.1) is 16.7 Å². The van der Waals surface area contributed by atoms with Gasteiger partial charge in [-0.05, 0) is 35.4 Å². The molecule has 0 unspecified atom stereocenters. The van der Waals surface area contributed by atoms with Gasteiger partial charge in [-0.25, -0.2) is 0 Å². The van der Waals surface area contributed by atoms with E-state index >= 15 is 0 Å². The van der Waals surface area contributed by atoms with Crippen LogP contribution >= 0.6 is 0 Å². The van der Waals surface area contributed by atoms with Gasteiger partial charge in [0.15, 0.2) is 0 Å². The van der Waals surface area contributed by atoms with Gasteiger partial charge in [-0.2, -0.15) is 4.68 Å². The first-order chi connectivity index (χ1) is 11.6. The summed E-state index contributed by atoms with van der Waals surface area (Å²) >= 11 is 0. The van der Waals surface area contributed by atoms with Crippen LogP contribution in [-0.2, 0) is 9.53 Å². The predicted octanol–water partition coefficient (Wildman–Crippen LogP) is 0.273. The van der Waals surface area contributed by atoms with Gasteiger partial charge in [-0.1, -0.05) is 12.1 Å². The maximum Gasteiger partial charge on any atom is 0.311 e. The van der Waals surface area contributed by atoms with Crippen molar-refractivity contribution in [2.75, 3.05) is 19.8 Å². The van der Waals surface area contributed by atoms with Crippen LogP contribution in [-0.4, -0.2) is 56.9 Å². The Balaban J connectivity index is 1.77. The summed E-state index contributed by atoms with van der Waals surface area (Å²) in [5, 5.41) is 23.2. The number of aliphatic carboxylic acids is 1. The summed E-state index contributed by atoms with van der Waals surface area (Å²) in [6.07, 6.45) is 2.14. The van der Waals surface area contributed by atoms with Crippen LogP contribution in [0.3, 0.4) is 0 Å². The summed E-state index contributed by atoms with van der Waals surface area (Å²) in [5.41, 5.74) is -0.0914. The lowest BCUT2D eigenvalue weighted by molar-refractivity contribution is -0.154. The van der Waals surface area contributed by atoms with E-state index in [0.29, 0.717) is 37.3 Å². The van der Waals surface area contributed by atoms with Crippen molar-refractivity contribution in [2.24, 2.45) is 5.41 Å². The molecule has 0 aliphatic carbocycles. The molecule has 1 aliphatic heterocycles. The molecule has 1 aromatic heterocycles. The van der Waals surface area contributed by atoms with Gasteiger partial charge in [0.2, 0.25) is 0 Å². The number of hydrogen-bond acceptors (Lipinski definition) is 6. The molecule has 126 valence electrons. The molecule has 0 bridgehead atoms. The van der Waals surface area contributed by atoms with Crippen molar-refractivity contribution in [1.29, 1.82) is 0 Å². The van der Waals surface area contributed by atoms with Crippen LogP contribution in [0, 0.1) is 5.41 Å². The second kappa shape index (κ2) is 6.75. The fourth-order valence-corrected chi connectivity index (χ4v) is 2.71. The highest BCUT2D eigenvalue weighted by Gasteiger charge is 2.40. The number of hydrogen-bond donors (Lipinski definition) is 2. The van der Waals surface area contributed by atoms with E-state index in [9.17, 15) is 14.7 Å². The summed E-state index contributed by atoms with van der Waals surface area (Å²) in [6, 6.07) is 6.85. The van der Waals surface area contributed by atoms with E-state index in [0.717, 1.165) is 0 Å². The highest BCUT2D eigenvalue weighted by atomic mass is 16.5. The van der Waals surface area contributed by atoms with Gasteiger partial charge in [0.25, 0.3) is 5.91 Å². The number of benzene rings is 1. The molecule has 1 amide bonds. The van der Waals surface area contributed by atoms with Crippen LogP contribution in [0.15, 0.2) is 30.6 Å². The van der Waals surface area contributed by atoms with Crippen molar-refractivity contribution in [3.63, 3.8) is 0 Å². The van der Waals surface area contributed by atoms with E-state index in [-0.39, 0.29) is 12.5 Å². The number of carboxylic acid groups (broad SMARTS) is 1. The van der Waals surface area contributed by atoms with Crippen LogP contribution in [0.1, 0.15) is 23.2 Å². The molecule has 1 aromatic carbocycles. The number of aromatic nitrogens is 4. The lowest BCUT2D eigenvalue weighted by atomic mass is 9.80. The molecule has 2 heterocycles. The van der Waals surface area contributed by atoms with E-state index in [1.807, 2.05) is 0 Å². The van der Waals surface area contributed by atoms with E-state index in [2.05, 4.69) is 20.8 Å². The molecule has 9 heteroatoms. The lowest BCUT2D eigenvalue weighted by Crippen LogP contribution is -2.46. The highest BCUT2D eigenvalue weighted by Crippen LogP contribution is 2.30. The largest absolute Gasteiger partial charge is 0.481 e. The molecule has 1 saturated heterocycles. The van der Waals surface area contributed by atoms with E-state index < -0.39 is 11.4 Å². The first-order valence-electron chi connectivity index (χ1n) is 7.54. The molecule has 0 spiro atoms. The third-order valence-corrected chi connectivity index (χ3v) is 4.24. The van der Waals surface area contributed by atoms with Gasteiger partial charge in [0, 0.05) is 19.8 Å². The van der Waals surface area contributed by atoms with Gasteiger partial charge in [0.1, 0.15) is 6.33 Å². The minimum absolute atomic E-state index is 0.0501. The minimum Gasteiger partial charge on any atom is -0.481 e. The van der Waals surface area contributed by atoms with Crippen LogP contribution in [0.4, 0.5) is 0 Å². The maximum atomic E-state index is 12.6. The number of nitrogens with one attached hydrogen (secondary N) is 1. The van der Waals surface area contributed by atoms with Crippen LogP contribution < -0.4 is 5.32 Å². The topological polar surface area (TPSA) is 119 Å². The molecule has 2 N–H and O–H groups in total. The fourth-order valence-electron chi connectivity index (χ4n) is 2.71. The van der Waals surface area contributed by atoms with Gasteiger partial charge in [-0.3, -0.25) is 9.59 Å². The SMILES string of the molecule is O=C(NCC1(C(=O)O)CCOCC1)c1ccccc1-n1cnnn1. The zero-order chi connectivity index (χ0) is 17.0. The van der Waals surface area contributed by atoms with E-state index in [1.54, 1.807) is 24.3 Å². The number of carbonyl (C=O) groups excluding carboxylic acids is 1. The number of carbonyl (C=O) groups is 2. The Hall–Kier alpha value is -2.81. The molecule has 9 nitrogen and oxygen atoms in total. The van der Waals surface area contributed by atoms with Gasteiger partial charge >= 0.3 is 5.97 Å². The third-order valence-electron chi connectivity index (χ3n) is 4.24. The second-order valence-electron chi connectivity index (χ2n) is 5.65. The molecule has 1 fully saturated rings. The summed E-state index contributed by atoms with van der Waals surface area (Å²) in [4.78, 5) is 24.2. The monoisotopic (exact) mass is 331 g/mol. The third kappa shape index (κ3) is 3.11. The first-order valence-corrected chi connectivity index (χ1v) is 7.54. The average molecular weight is 331 g/mol. The van der Waals surface area contributed by atoms with Gasteiger partial charge < -0.3 is 15.2 Å². The van der Waals surface area contributed by atoms with Crippen molar-refractivity contribution < 1.29 is 19.4 Å². The van der Waals surface area contributed by atoms with Crippen LogP contribution in [0.2, 0.25) is 0 Å². The number of nitrogens with zero attached hydrogens (tertiary/aromatic N) is 4. The number of tetrazole rings is 1. The molecule has 0 radical (unpaired) electrons. The Bertz CT molecular complexity index is 725. The Morgan fingerprint density at radius 2 is 2.04 bits per heavy atom. The molecule has 24 heavy (non-hydrogen) atoms. The van der Waals surface area contributed by atoms with Crippen molar-refractivity contribution in [1.82, 2.24) is 25.5 Å². The zero-order valence-electron chi connectivity index (χ0n) is 12.9. The molecule has 0 atom stereocenters.